The van der Waals surface area contributed by atoms with Crippen LogP contribution in [0.25, 0.3) is 0 Å². The Bertz CT molecular complexity index is 847. The van der Waals surface area contributed by atoms with Gasteiger partial charge < -0.3 is 20.1 Å². The lowest BCUT2D eigenvalue weighted by molar-refractivity contribution is 0.0920. The van der Waals surface area contributed by atoms with Crippen LogP contribution in [0.5, 0.6) is 5.75 Å². The van der Waals surface area contributed by atoms with Crippen LogP contribution in [0.3, 0.4) is 0 Å². The third-order valence-electron chi connectivity index (χ3n) is 3.64. The summed E-state index contributed by atoms with van der Waals surface area (Å²) in [5, 5.41) is 5.73. The molecule has 0 atom stereocenters. The highest BCUT2D eigenvalue weighted by Crippen LogP contribution is 2.25. The van der Waals surface area contributed by atoms with E-state index in [-0.39, 0.29) is 17.4 Å². The summed E-state index contributed by atoms with van der Waals surface area (Å²) < 4.78 is 11.4. The molecule has 0 radical (unpaired) electrons. The lowest BCUT2D eigenvalue weighted by Crippen LogP contribution is -2.40. The number of methoxy groups -OCH3 is 1. The standard InChI is InChI=1S/C21H25BrN2O4/c1-21(2,3)24-20(26)15-7-5-6-8-17(15)23-19(25)16-13-14(22)9-10-18(16)28-12-11-27-4/h5-10,13H,11-12H2,1-4H3,(H,23,25)(H,24,26). The van der Waals surface area contributed by atoms with Gasteiger partial charge in [-0.1, -0.05) is 28.1 Å². The highest BCUT2D eigenvalue weighted by atomic mass is 79.9. The molecule has 0 aromatic heterocycles. The van der Waals surface area contributed by atoms with Gasteiger partial charge in [0.05, 0.1) is 23.4 Å². The molecule has 2 rings (SSSR count). The molecule has 6 nitrogen and oxygen atoms in total. The topological polar surface area (TPSA) is 76.7 Å². The lowest BCUT2D eigenvalue weighted by Gasteiger charge is -2.21. The molecule has 28 heavy (non-hydrogen) atoms. The molecule has 0 saturated heterocycles. The summed E-state index contributed by atoms with van der Waals surface area (Å²) in [7, 11) is 1.58. The zero-order valence-electron chi connectivity index (χ0n) is 16.5. The molecular formula is C21H25BrN2O4. The number of halogens is 1. The zero-order chi connectivity index (χ0) is 20.7. The maximum absolute atomic E-state index is 12.9. The number of amides is 2. The second kappa shape index (κ2) is 9.71. The molecule has 0 heterocycles. The van der Waals surface area contributed by atoms with Gasteiger partial charge in [0.2, 0.25) is 0 Å². The maximum atomic E-state index is 12.9. The van der Waals surface area contributed by atoms with Crippen molar-refractivity contribution < 1.29 is 19.1 Å². The predicted octanol–water partition coefficient (Wildman–Crippen LogP) is 4.25. The van der Waals surface area contributed by atoms with Gasteiger partial charge in [0.25, 0.3) is 11.8 Å². The number of rotatable bonds is 7. The van der Waals surface area contributed by atoms with Gasteiger partial charge in [0, 0.05) is 17.1 Å². The first-order valence-electron chi connectivity index (χ1n) is 8.85. The predicted molar refractivity (Wildman–Crippen MR) is 113 cm³/mol. The summed E-state index contributed by atoms with van der Waals surface area (Å²) in [5.41, 5.74) is 0.789. The van der Waals surface area contributed by atoms with Gasteiger partial charge in [-0.25, -0.2) is 0 Å². The van der Waals surface area contributed by atoms with Crippen molar-refractivity contribution in [3.8, 4) is 5.75 Å². The first-order valence-corrected chi connectivity index (χ1v) is 9.65. The van der Waals surface area contributed by atoms with Crippen LogP contribution >= 0.6 is 15.9 Å². The molecular weight excluding hydrogens is 424 g/mol. The minimum absolute atomic E-state index is 0.255. The van der Waals surface area contributed by atoms with E-state index in [9.17, 15) is 9.59 Å². The first kappa shape index (κ1) is 21.9. The van der Waals surface area contributed by atoms with Gasteiger partial charge in [0.1, 0.15) is 12.4 Å². The van der Waals surface area contributed by atoms with Crippen molar-refractivity contribution in [3.05, 3.63) is 58.1 Å². The largest absolute Gasteiger partial charge is 0.490 e. The normalized spacial score (nSPS) is 11.0. The summed E-state index contributed by atoms with van der Waals surface area (Å²) in [4.78, 5) is 25.5. The summed E-state index contributed by atoms with van der Waals surface area (Å²) in [6.07, 6.45) is 0. The van der Waals surface area contributed by atoms with Crippen LogP contribution < -0.4 is 15.4 Å². The van der Waals surface area contributed by atoms with E-state index in [4.69, 9.17) is 9.47 Å². The smallest absolute Gasteiger partial charge is 0.259 e. The number of para-hydroxylation sites is 1. The van der Waals surface area contributed by atoms with Crippen molar-refractivity contribution in [1.29, 1.82) is 0 Å². The SMILES string of the molecule is COCCOc1ccc(Br)cc1C(=O)Nc1ccccc1C(=O)NC(C)(C)C. The monoisotopic (exact) mass is 448 g/mol. The third-order valence-corrected chi connectivity index (χ3v) is 4.13. The molecule has 0 saturated carbocycles. The number of ether oxygens (including phenoxy) is 2. The highest BCUT2D eigenvalue weighted by molar-refractivity contribution is 9.10. The van der Waals surface area contributed by atoms with Gasteiger partial charge in [0.15, 0.2) is 0 Å². The Morgan fingerprint density at radius 1 is 1.00 bits per heavy atom. The molecule has 2 N–H and O–H groups in total. The summed E-state index contributed by atoms with van der Waals surface area (Å²) in [6.45, 7) is 6.43. The van der Waals surface area contributed by atoms with Crippen molar-refractivity contribution in [2.45, 2.75) is 26.3 Å². The molecule has 2 amide bonds. The molecule has 2 aromatic carbocycles. The van der Waals surface area contributed by atoms with Crippen LogP contribution in [-0.2, 0) is 4.74 Å². The first-order chi connectivity index (χ1) is 13.2. The van der Waals surface area contributed by atoms with Crippen molar-refractivity contribution >= 4 is 33.4 Å². The van der Waals surface area contributed by atoms with Crippen LogP contribution in [-0.4, -0.2) is 37.7 Å². The number of hydrogen-bond acceptors (Lipinski definition) is 4. The van der Waals surface area contributed by atoms with Crippen LogP contribution in [0.15, 0.2) is 46.9 Å². The zero-order valence-corrected chi connectivity index (χ0v) is 18.1. The second-order valence-corrected chi connectivity index (χ2v) is 8.10. The fourth-order valence-corrected chi connectivity index (χ4v) is 2.79. The molecule has 0 aliphatic carbocycles. The van der Waals surface area contributed by atoms with Crippen LogP contribution in [0.2, 0.25) is 0 Å². The van der Waals surface area contributed by atoms with E-state index in [1.54, 1.807) is 49.6 Å². The Kier molecular flexibility index (Phi) is 7.60. The Morgan fingerprint density at radius 2 is 1.71 bits per heavy atom. The van der Waals surface area contributed by atoms with E-state index >= 15 is 0 Å². The molecule has 0 bridgehead atoms. The van der Waals surface area contributed by atoms with Crippen LogP contribution in [0, 0.1) is 0 Å². The summed E-state index contributed by atoms with van der Waals surface area (Å²) in [6, 6.07) is 12.1. The van der Waals surface area contributed by atoms with Gasteiger partial charge in [-0.15, -0.1) is 0 Å². The van der Waals surface area contributed by atoms with E-state index in [1.807, 2.05) is 20.8 Å². The van der Waals surface area contributed by atoms with Crippen molar-refractivity contribution in [1.82, 2.24) is 5.32 Å². The highest BCUT2D eigenvalue weighted by Gasteiger charge is 2.20. The van der Waals surface area contributed by atoms with Crippen molar-refractivity contribution in [2.24, 2.45) is 0 Å². The fraction of sp³-hybridized carbons (Fsp3) is 0.333. The van der Waals surface area contributed by atoms with Crippen molar-refractivity contribution in [3.63, 3.8) is 0 Å². The molecule has 0 unspecified atom stereocenters. The second-order valence-electron chi connectivity index (χ2n) is 7.19. The Hall–Kier alpha value is -2.38. The molecule has 0 fully saturated rings. The minimum Gasteiger partial charge on any atom is -0.490 e. The molecule has 0 spiro atoms. The van der Waals surface area contributed by atoms with Crippen LogP contribution in [0.1, 0.15) is 41.5 Å². The number of benzene rings is 2. The van der Waals surface area contributed by atoms with Gasteiger partial charge in [-0.3, -0.25) is 9.59 Å². The Morgan fingerprint density at radius 3 is 2.39 bits per heavy atom. The minimum atomic E-state index is -0.388. The Balaban J connectivity index is 2.26. The van der Waals surface area contributed by atoms with Crippen LogP contribution in [0.4, 0.5) is 5.69 Å². The van der Waals surface area contributed by atoms with Crippen molar-refractivity contribution in [2.75, 3.05) is 25.6 Å². The van der Waals surface area contributed by atoms with Gasteiger partial charge >= 0.3 is 0 Å². The fourth-order valence-electron chi connectivity index (χ4n) is 2.43. The lowest BCUT2D eigenvalue weighted by atomic mass is 10.1. The Labute approximate surface area is 173 Å². The number of carbonyl (C=O) groups excluding carboxylic acids is 2. The molecule has 7 heteroatoms. The van der Waals surface area contributed by atoms with E-state index in [0.717, 1.165) is 4.47 Å². The quantitative estimate of drug-likeness (QED) is 0.620. The van der Waals surface area contributed by atoms with Gasteiger partial charge in [-0.2, -0.15) is 0 Å². The maximum Gasteiger partial charge on any atom is 0.259 e. The molecule has 2 aromatic rings. The molecule has 150 valence electrons. The number of hydrogen-bond donors (Lipinski definition) is 2. The van der Waals surface area contributed by atoms with E-state index < -0.39 is 0 Å². The summed E-state index contributed by atoms with van der Waals surface area (Å²) in [5.74, 6) is -0.187. The van der Waals surface area contributed by atoms with E-state index in [1.165, 1.54) is 0 Å². The number of anilines is 1. The average Bonchev–Trinajstić information content (AvgIpc) is 2.62. The number of nitrogens with one attached hydrogen (secondary N) is 2. The van der Waals surface area contributed by atoms with Gasteiger partial charge in [-0.05, 0) is 51.1 Å². The number of carbonyl (C=O) groups is 2. The summed E-state index contributed by atoms with van der Waals surface area (Å²) >= 11 is 3.38. The average molecular weight is 449 g/mol. The molecule has 0 aliphatic rings. The molecule has 0 aliphatic heterocycles. The third kappa shape index (κ3) is 6.35. The van der Waals surface area contributed by atoms with E-state index in [2.05, 4.69) is 26.6 Å². The van der Waals surface area contributed by atoms with E-state index in [0.29, 0.717) is 35.8 Å².